The van der Waals surface area contributed by atoms with E-state index in [0.717, 1.165) is 42.3 Å². The highest BCUT2D eigenvalue weighted by atomic mass is 32.2. The van der Waals surface area contributed by atoms with Gasteiger partial charge in [-0.15, -0.1) is 10.2 Å². The first-order chi connectivity index (χ1) is 15.2. The van der Waals surface area contributed by atoms with Crippen molar-refractivity contribution in [3.63, 3.8) is 0 Å². The molecule has 3 aromatic rings. The lowest BCUT2D eigenvalue weighted by atomic mass is 10.2. The van der Waals surface area contributed by atoms with Crippen LogP contribution in [0.1, 0.15) is 19.8 Å². The highest BCUT2D eigenvalue weighted by Crippen LogP contribution is 2.26. The summed E-state index contributed by atoms with van der Waals surface area (Å²) in [6.45, 7) is 3.98. The van der Waals surface area contributed by atoms with E-state index in [1.807, 2.05) is 47.9 Å². The summed E-state index contributed by atoms with van der Waals surface area (Å²) in [4.78, 5) is 16.6. The highest BCUT2D eigenvalue weighted by molar-refractivity contribution is 7.99. The fourth-order valence-corrected chi connectivity index (χ4v) is 4.14. The van der Waals surface area contributed by atoms with Crippen LogP contribution in [0.25, 0.3) is 11.4 Å². The number of nitrogens with one attached hydrogen (secondary N) is 1. The summed E-state index contributed by atoms with van der Waals surface area (Å²) in [5.74, 6) is 1.66. The van der Waals surface area contributed by atoms with E-state index in [1.165, 1.54) is 11.8 Å². The predicted molar refractivity (Wildman–Crippen MR) is 119 cm³/mol. The SMILES string of the molecule is CCOc1ccc(NC(=O)CSc2nnc(-c3ccncc3)n2C[C@H]2CCCO2)cc1. The van der Waals surface area contributed by atoms with Gasteiger partial charge in [0, 0.05) is 30.3 Å². The van der Waals surface area contributed by atoms with E-state index in [1.54, 1.807) is 12.4 Å². The van der Waals surface area contributed by atoms with Gasteiger partial charge in [0.25, 0.3) is 0 Å². The Labute approximate surface area is 185 Å². The molecule has 0 spiro atoms. The summed E-state index contributed by atoms with van der Waals surface area (Å²) >= 11 is 1.37. The van der Waals surface area contributed by atoms with Crippen LogP contribution in [0.15, 0.2) is 53.9 Å². The molecule has 8 nitrogen and oxygen atoms in total. The number of nitrogens with zero attached hydrogens (tertiary/aromatic N) is 4. The van der Waals surface area contributed by atoms with Crippen molar-refractivity contribution in [3.05, 3.63) is 48.8 Å². The number of benzene rings is 1. The van der Waals surface area contributed by atoms with Crippen LogP contribution < -0.4 is 10.1 Å². The molecule has 9 heteroatoms. The highest BCUT2D eigenvalue weighted by Gasteiger charge is 2.22. The van der Waals surface area contributed by atoms with Crippen molar-refractivity contribution in [1.82, 2.24) is 19.7 Å². The number of amides is 1. The zero-order chi connectivity index (χ0) is 21.5. The van der Waals surface area contributed by atoms with Crippen LogP contribution in [-0.4, -0.2) is 50.7 Å². The van der Waals surface area contributed by atoms with Gasteiger partial charge < -0.3 is 14.8 Å². The van der Waals surface area contributed by atoms with Gasteiger partial charge in [-0.1, -0.05) is 11.8 Å². The first kappa shape index (κ1) is 21.3. The third-order valence-corrected chi connectivity index (χ3v) is 5.81. The maximum atomic E-state index is 12.5. The minimum Gasteiger partial charge on any atom is -0.494 e. The molecule has 1 aliphatic heterocycles. The number of anilines is 1. The summed E-state index contributed by atoms with van der Waals surface area (Å²) in [6.07, 6.45) is 5.67. The van der Waals surface area contributed by atoms with Crippen LogP contribution in [0.5, 0.6) is 5.75 Å². The molecule has 162 valence electrons. The van der Waals surface area contributed by atoms with Crippen LogP contribution in [-0.2, 0) is 16.1 Å². The smallest absolute Gasteiger partial charge is 0.234 e. The first-order valence-corrected chi connectivity index (χ1v) is 11.3. The number of carbonyl (C=O) groups excluding carboxylic acids is 1. The average Bonchev–Trinajstić information content (AvgIpc) is 3.45. The molecule has 31 heavy (non-hydrogen) atoms. The Balaban J connectivity index is 1.43. The van der Waals surface area contributed by atoms with Crippen molar-refractivity contribution in [2.24, 2.45) is 0 Å². The van der Waals surface area contributed by atoms with Gasteiger partial charge in [-0.05, 0) is 56.2 Å². The molecule has 1 amide bonds. The Hall–Kier alpha value is -2.91. The van der Waals surface area contributed by atoms with Gasteiger partial charge in [-0.25, -0.2) is 0 Å². The van der Waals surface area contributed by atoms with Crippen molar-refractivity contribution in [3.8, 4) is 17.1 Å². The molecule has 1 fully saturated rings. The molecular formula is C22H25N5O3S. The quantitative estimate of drug-likeness (QED) is 0.509. The van der Waals surface area contributed by atoms with Crippen molar-refractivity contribution in [1.29, 1.82) is 0 Å². The van der Waals surface area contributed by atoms with Crippen LogP contribution in [0, 0.1) is 0 Å². The Bertz CT molecular complexity index is 988. The Kier molecular flexibility index (Phi) is 7.16. The van der Waals surface area contributed by atoms with E-state index in [4.69, 9.17) is 9.47 Å². The van der Waals surface area contributed by atoms with Crippen molar-refractivity contribution < 1.29 is 14.3 Å². The number of hydrogen-bond donors (Lipinski definition) is 1. The maximum absolute atomic E-state index is 12.5. The van der Waals surface area contributed by atoms with E-state index >= 15 is 0 Å². The van der Waals surface area contributed by atoms with Crippen molar-refractivity contribution in [2.75, 3.05) is 24.3 Å². The van der Waals surface area contributed by atoms with Gasteiger partial charge in [-0.2, -0.15) is 0 Å². The molecule has 3 heterocycles. The Morgan fingerprint density at radius 1 is 1.23 bits per heavy atom. The third-order valence-electron chi connectivity index (χ3n) is 4.85. The second-order valence-corrected chi connectivity index (χ2v) is 8.02. The van der Waals surface area contributed by atoms with E-state index in [2.05, 4.69) is 20.5 Å². The molecule has 0 bridgehead atoms. The number of hydrogen-bond acceptors (Lipinski definition) is 7. The summed E-state index contributed by atoms with van der Waals surface area (Å²) in [5.41, 5.74) is 1.67. The average molecular weight is 440 g/mol. The topological polar surface area (TPSA) is 91.2 Å². The zero-order valence-electron chi connectivity index (χ0n) is 17.4. The van der Waals surface area contributed by atoms with Gasteiger partial charge >= 0.3 is 0 Å². The van der Waals surface area contributed by atoms with Crippen LogP contribution in [0.2, 0.25) is 0 Å². The number of carbonyl (C=O) groups is 1. The van der Waals surface area contributed by atoms with Gasteiger partial charge in [0.05, 0.1) is 25.0 Å². The lowest BCUT2D eigenvalue weighted by Gasteiger charge is -2.14. The molecule has 4 rings (SSSR count). The summed E-state index contributed by atoms with van der Waals surface area (Å²) in [5, 5.41) is 12.3. The van der Waals surface area contributed by atoms with E-state index < -0.39 is 0 Å². The van der Waals surface area contributed by atoms with Crippen LogP contribution in [0.3, 0.4) is 0 Å². The minimum absolute atomic E-state index is 0.105. The number of thioether (sulfide) groups is 1. The molecule has 1 aliphatic rings. The summed E-state index contributed by atoms with van der Waals surface area (Å²) in [7, 11) is 0. The number of aromatic nitrogens is 4. The van der Waals surface area contributed by atoms with Gasteiger partial charge in [0.2, 0.25) is 5.91 Å². The fraction of sp³-hybridized carbons (Fsp3) is 0.364. The van der Waals surface area contributed by atoms with Crippen molar-refractivity contribution >= 4 is 23.4 Å². The standard InChI is InChI=1S/C22H25N5O3S/c1-2-29-18-7-5-17(6-8-18)24-20(28)15-31-22-26-25-21(16-9-11-23-12-10-16)27(22)14-19-4-3-13-30-19/h5-12,19H,2-4,13-15H2,1H3,(H,24,28)/t19-/m1/s1. The second-order valence-electron chi connectivity index (χ2n) is 7.08. The second kappa shape index (κ2) is 10.4. The van der Waals surface area contributed by atoms with E-state index in [0.29, 0.717) is 18.3 Å². The Morgan fingerprint density at radius 3 is 2.74 bits per heavy atom. The van der Waals surface area contributed by atoms with Crippen LogP contribution in [0.4, 0.5) is 5.69 Å². The number of rotatable bonds is 9. The lowest BCUT2D eigenvalue weighted by molar-refractivity contribution is -0.113. The molecular weight excluding hydrogens is 414 g/mol. The third kappa shape index (κ3) is 5.62. The van der Waals surface area contributed by atoms with Crippen molar-refractivity contribution in [2.45, 2.75) is 37.6 Å². The molecule has 0 unspecified atom stereocenters. The number of pyridine rings is 1. The molecule has 2 aromatic heterocycles. The zero-order valence-corrected chi connectivity index (χ0v) is 18.2. The fourth-order valence-electron chi connectivity index (χ4n) is 3.39. The monoisotopic (exact) mass is 439 g/mol. The molecule has 0 radical (unpaired) electrons. The van der Waals surface area contributed by atoms with Gasteiger partial charge in [-0.3, -0.25) is 14.3 Å². The molecule has 1 N–H and O–H groups in total. The number of ether oxygens (including phenoxy) is 2. The summed E-state index contributed by atoms with van der Waals surface area (Å²) < 4.78 is 13.3. The molecule has 1 aromatic carbocycles. The van der Waals surface area contributed by atoms with E-state index in [-0.39, 0.29) is 17.8 Å². The largest absolute Gasteiger partial charge is 0.494 e. The van der Waals surface area contributed by atoms with E-state index in [9.17, 15) is 4.79 Å². The Morgan fingerprint density at radius 2 is 2.03 bits per heavy atom. The molecule has 0 saturated carbocycles. The summed E-state index contributed by atoms with van der Waals surface area (Å²) in [6, 6.07) is 11.1. The van der Waals surface area contributed by atoms with Gasteiger partial charge in [0.15, 0.2) is 11.0 Å². The normalized spacial score (nSPS) is 15.7. The van der Waals surface area contributed by atoms with Crippen LogP contribution >= 0.6 is 11.8 Å². The molecule has 0 aliphatic carbocycles. The first-order valence-electron chi connectivity index (χ1n) is 10.3. The molecule has 1 atom stereocenters. The van der Waals surface area contributed by atoms with Gasteiger partial charge in [0.1, 0.15) is 5.75 Å². The minimum atomic E-state index is -0.105. The lowest BCUT2D eigenvalue weighted by Crippen LogP contribution is -2.18. The maximum Gasteiger partial charge on any atom is 0.234 e. The predicted octanol–water partition coefficient (Wildman–Crippen LogP) is 3.65. The molecule has 1 saturated heterocycles.